The first kappa shape index (κ1) is 13.6. The number of thiophene rings is 1. The van der Waals surface area contributed by atoms with Crippen LogP contribution in [0.1, 0.15) is 5.56 Å². The molecule has 0 aliphatic heterocycles. The van der Waals surface area contributed by atoms with Crippen molar-refractivity contribution in [3.8, 4) is 0 Å². The van der Waals surface area contributed by atoms with Crippen molar-refractivity contribution < 1.29 is 14.7 Å². The molecule has 2 rings (SSSR count). The van der Waals surface area contributed by atoms with Gasteiger partial charge in [0, 0.05) is 28.4 Å². The molecule has 0 saturated carbocycles. The average Bonchev–Trinajstić information content (AvgIpc) is 2.76. The maximum Gasteiger partial charge on any atom is 0.328 e. The lowest BCUT2D eigenvalue weighted by Crippen LogP contribution is -2.20. The summed E-state index contributed by atoms with van der Waals surface area (Å²) >= 11 is 7.51. The Morgan fingerprint density at radius 2 is 2.16 bits per heavy atom. The number of benzene rings is 1. The highest BCUT2D eigenvalue weighted by atomic mass is 35.5. The Kier molecular flexibility index (Phi) is 4.19. The summed E-state index contributed by atoms with van der Waals surface area (Å²) in [5, 5.41) is 14.6. The van der Waals surface area contributed by atoms with E-state index in [4.69, 9.17) is 16.7 Å². The monoisotopic (exact) mass is 295 g/mol. The number of aliphatic carboxylic acids is 1. The van der Waals surface area contributed by atoms with E-state index in [9.17, 15) is 9.59 Å². The summed E-state index contributed by atoms with van der Waals surface area (Å²) in [7, 11) is 0. The van der Waals surface area contributed by atoms with Gasteiger partial charge >= 0.3 is 5.97 Å². The number of halogens is 1. The molecular formula is C13H10ClNO3S. The third kappa shape index (κ3) is 3.56. The second-order valence-corrected chi connectivity index (χ2v) is 5.14. The number of carboxylic acids is 1. The summed E-state index contributed by atoms with van der Waals surface area (Å²) in [5.74, 6) is -1.59. The van der Waals surface area contributed by atoms with Crippen molar-refractivity contribution in [3.63, 3.8) is 0 Å². The molecule has 1 amide bonds. The van der Waals surface area contributed by atoms with Gasteiger partial charge in [0.05, 0.1) is 0 Å². The topological polar surface area (TPSA) is 66.4 Å². The van der Waals surface area contributed by atoms with Crippen LogP contribution in [0.3, 0.4) is 0 Å². The molecular weight excluding hydrogens is 286 g/mol. The van der Waals surface area contributed by atoms with E-state index < -0.39 is 11.9 Å². The highest BCUT2D eigenvalue weighted by molar-refractivity contribution is 7.17. The van der Waals surface area contributed by atoms with Gasteiger partial charge in [-0.05, 0) is 34.5 Å². The van der Waals surface area contributed by atoms with Crippen LogP contribution < -0.4 is 5.32 Å². The Morgan fingerprint density at radius 1 is 1.37 bits per heavy atom. The normalized spacial score (nSPS) is 11.0. The van der Waals surface area contributed by atoms with Crippen molar-refractivity contribution in [2.45, 2.75) is 6.54 Å². The van der Waals surface area contributed by atoms with Crippen molar-refractivity contribution in [1.29, 1.82) is 0 Å². The molecule has 1 aromatic heterocycles. The molecule has 2 N–H and O–H groups in total. The van der Waals surface area contributed by atoms with Gasteiger partial charge in [0.25, 0.3) is 0 Å². The third-order valence-corrected chi connectivity index (χ3v) is 3.69. The molecule has 0 spiro atoms. The van der Waals surface area contributed by atoms with Crippen LogP contribution in [0, 0.1) is 0 Å². The molecule has 0 bridgehead atoms. The van der Waals surface area contributed by atoms with Crippen LogP contribution in [0.5, 0.6) is 0 Å². The number of hydrogen-bond donors (Lipinski definition) is 2. The van der Waals surface area contributed by atoms with E-state index in [1.54, 1.807) is 11.3 Å². The quantitative estimate of drug-likeness (QED) is 0.852. The molecule has 0 saturated heterocycles. The average molecular weight is 296 g/mol. The summed E-state index contributed by atoms with van der Waals surface area (Å²) in [6, 6.07) is 5.60. The van der Waals surface area contributed by atoms with Gasteiger partial charge in [0.2, 0.25) is 5.91 Å². The van der Waals surface area contributed by atoms with Crippen LogP contribution in [-0.4, -0.2) is 17.0 Å². The van der Waals surface area contributed by atoms with Gasteiger partial charge < -0.3 is 10.4 Å². The number of carboxylic acid groups (broad SMARTS) is 1. The molecule has 0 fully saturated rings. The number of hydrogen-bond acceptors (Lipinski definition) is 3. The molecule has 0 aliphatic carbocycles. The van der Waals surface area contributed by atoms with Crippen molar-refractivity contribution in [2.24, 2.45) is 0 Å². The largest absolute Gasteiger partial charge is 0.478 e. The van der Waals surface area contributed by atoms with Crippen molar-refractivity contribution >= 4 is 44.9 Å². The molecule has 1 heterocycles. The molecule has 1 aromatic carbocycles. The molecule has 98 valence electrons. The number of carbonyl (C=O) groups is 2. The van der Waals surface area contributed by atoms with E-state index in [2.05, 4.69) is 5.32 Å². The fraction of sp³-hybridized carbons (Fsp3) is 0.0769. The number of nitrogens with one attached hydrogen (secondary N) is 1. The van der Waals surface area contributed by atoms with E-state index in [0.717, 1.165) is 27.8 Å². The van der Waals surface area contributed by atoms with E-state index in [1.807, 2.05) is 23.6 Å². The number of amides is 1. The van der Waals surface area contributed by atoms with Gasteiger partial charge in [-0.15, -0.1) is 11.3 Å². The highest BCUT2D eigenvalue weighted by Crippen LogP contribution is 2.28. The predicted molar refractivity (Wildman–Crippen MR) is 75.5 cm³/mol. The van der Waals surface area contributed by atoms with Crippen LogP contribution >= 0.6 is 22.9 Å². The van der Waals surface area contributed by atoms with Gasteiger partial charge in [0.15, 0.2) is 0 Å². The summed E-state index contributed by atoms with van der Waals surface area (Å²) in [4.78, 5) is 21.6. The minimum atomic E-state index is -1.15. The maximum atomic E-state index is 11.4. The Labute approximate surface area is 118 Å². The zero-order valence-corrected chi connectivity index (χ0v) is 11.3. The number of rotatable bonds is 4. The molecule has 2 aromatic rings. The predicted octanol–water partition coefficient (Wildman–Crippen LogP) is 2.81. The van der Waals surface area contributed by atoms with Crippen LogP contribution in [-0.2, 0) is 16.1 Å². The molecule has 0 aliphatic rings. The second-order valence-electron chi connectivity index (χ2n) is 3.79. The highest BCUT2D eigenvalue weighted by Gasteiger charge is 2.05. The summed E-state index contributed by atoms with van der Waals surface area (Å²) < 4.78 is 1.09. The fourth-order valence-corrected chi connectivity index (χ4v) is 2.69. The van der Waals surface area contributed by atoms with Gasteiger partial charge in [-0.3, -0.25) is 4.79 Å². The Balaban J connectivity index is 2.08. The van der Waals surface area contributed by atoms with Crippen molar-refractivity contribution in [1.82, 2.24) is 5.32 Å². The molecule has 0 radical (unpaired) electrons. The van der Waals surface area contributed by atoms with Gasteiger partial charge in [-0.1, -0.05) is 11.6 Å². The maximum absolute atomic E-state index is 11.4. The van der Waals surface area contributed by atoms with Crippen molar-refractivity contribution in [3.05, 3.63) is 46.3 Å². The fourth-order valence-electron chi connectivity index (χ4n) is 1.58. The Bertz CT molecular complexity index is 663. The Hall–Kier alpha value is -1.85. The lowest BCUT2D eigenvalue weighted by molar-refractivity contribution is -0.131. The van der Waals surface area contributed by atoms with E-state index >= 15 is 0 Å². The molecule has 6 heteroatoms. The van der Waals surface area contributed by atoms with E-state index in [1.165, 1.54) is 0 Å². The second kappa shape index (κ2) is 5.86. The minimum absolute atomic E-state index is 0.336. The van der Waals surface area contributed by atoms with Crippen LogP contribution in [0.2, 0.25) is 5.02 Å². The molecule has 0 unspecified atom stereocenters. The SMILES string of the molecule is O=C(O)C=CC(=O)NCc1csc2ccc(Cl)cc12. The van der Waals surface area contributed by atoms with Crippen LogP contribution in [0.15, 0.2) is 35.7 Å². The molecule has 0 atom stereocenters. The van der Waals surface area contributed by atoms with Crippen LogP contribution in [0.25, 0.3) is 10.1 Å². The zero-order chi connectivity index (χ0) is 13.8. The van der Waals surface area contributed by atoms with E-state index in [-0.39, 0.29) is 0 Å². The lowest BCUT2D eigenvalue weighted by Gasteiger charge is -2.01. The summed E-state index contributed by atoms with van der Waals surface area (Å²) in [6.45, 7) is 0.336. The third-order valence-electron chi connectivity index (χ3n) is 2.45. The summed E-state index contributed by atoms with van der Waals surface area (Å²) in [6.07, 6.45) is 1.79. The summed E-state index contributed by atoms with van der Waals surface area (Å²) in [5.41, 5.74) is 0.958. The minimum Gasteiger partial charge on any atom is -0.478 e. The van der Waals surface area contributed by atoms with Gasteiger partial charge in [-0.25, -0.2) is 4.79 Å². The first-order chi connectivity index (χ1) is 9.06. The first-order valence-corrected chi connectivity index (χ1v) is 6.66. The number of fused-ring (bicyclic) bond motifs is 1. The first-order valence-electron chi connectivity index (χ1n) is 5.41. The molecule has 19 heavy (non-hydrogen) atoms. The van der Waals surface area contributed by atoms with Crippen LogP contribution in [0.4, 0.5) is 0 Å². The Morgan fingerprint density at radius 3 is 2.89 bits per heavy atom. The number of carbonyl (C=O) groups excluding carboxylic acids is 1. The standard InChI is InChI=1S/C13H10ClNO3S/c14-9-1-2-11-10(5-9)8(7-19-11)6-15-12(16)3-4-13(17)18/h1-5,7H,6H2,(H,15,16)(H,17,18). The van der Waals surface area contributed by atoms with Gasteiger partial charge in [0.1, 0.15) is 0 Å². The zero-order valence-electron chi connectivity index (χ0n) is 9.72. The smallest absolute Gasteiger partial charge is 0.328 e. The van der Waals surface area contributed by atoms with Gasteiger partial charge in [-0.2, -0.15) is 0 Å². The van der Waals surface area contributed by atoms with Crippen molar-refractivity contribution in [2.75, 3.05) is 0 Å². The van der Waals surface area contributed by atoms with E-state index in [0.29, 0.717) is 11.6 Å². The lowest BCUT2D eigenvalue weighted by atomic mass is 10.2. The molecule has 4 nitrogen and oxygen atoms in total.